The van der Waals surface area contributed by atoms with E-state index in [0.717, 1.165) is 18.2 Å². The molecule has 2 rings (SSSR count). The minimum absolute atomic E-state index is 0.0506. The van der Waals surface area contributed by atoms with Gasteiger partial charge in [0.15, 0.2) is 17.4 Å². The first-order valence-corrected chi connectivity index (χ1v) is 5.78. The van der Waals surface area contributed by atoms with E-state index in [1.165, 1.54) is 18.2 Å². The van der Waals surface area contributed by atoms with Gasteiger partial charge in [-0.1, -0.05) is 23.7 Å². The van der Waals surface area contributed by atoms with Gasteiger partial charge in [-0.15, -0.1) is 0 Å². The third-order valence-corrected chi connectivity index (χ3v) is 2.94. The number of carbonyl (C=O) groups excluding carboxylic acids is 1. The van der Waals surface area contributed by atoms with Crippen LogP contribution in [0.5, 0.6) is 0 Å². The zero-order valence-electron chi connectivity index (χ0n) is 9.59. The summed E-state index contributed by atoms with van der Waals surface area (Å²) in [7, 11) is 0. The van der Waals surface area contributed by atoms with Crippen LogP contribution in [-0.4, -0.2) is 5.78 Å². The summed E-state index contributed by atoms with van der Waals surface area (Å²) in [6.45, 7) is 0. The molecule has 0 spiro atoms. The Morgan fingerprint density at radius 3 is 2.58 bits per heavy atom. The summed E-state index contributed by atoms with van der Waals surface area (Å²) < 4.78 is 39.5. The Kier molecular flexibility index (Phi) is 3.90. The summed E-state index contributed by atoms with van der Waals surface area (Å²) in [4.78, 5) is 11.9. The van der Waals surface area contributed by atoms with Crippen LogP contribution in [0.2, 0.25) is 5.02 Å². The smallest absolute Gasteiger partial charge is 0.168 e. The van der Waals surface area contributed by atoms with E-state index in [1.807, 2.05) is 0 Å². The van der Waals surface area contributed by atoms with E-state index in [4.69, 9.17) is 11.6 Å². The van der Waals surface area contributed by atoms with Crippen molar-refractivity contribution < 1.29 is 18.0 Å². The Bertz CT molecular complexity index is 641. The van der Waals surface area contributed by atoms with Crippen molar-refractivity contribution in [3.8, 4) is 0 Å². The average molecular weight is 285 g/mol. The first-order valence-electron chi connectivity index (χ1n) is 5.40. The molecule has 19 heavy (non-hydrogen) atoms. The molecule has 0 fully saturated rings. The van der Waals surface area contributed by atoms with Crippen molar-refractivity contribution >= 4 is 17.4 Å². The van der Waals surface area contributed by atoms with Crippen LogP contribution in [-0.2, 0) is 6.42 Å². The Labute approximate surface area is 112 Å². The highest BCUT2D eigenvalue weighted by atomic mass is 35.5. The molecule has 0 saturated carbocycles. The summed E-state index contributed by atoms with van der Waals surface area (Å²) in [5.41, 5.74) is -0.143. The molecule has 0 aromatic heterocycles. The van der Waals surface area contributed by atoms with Crippen LogP contribution in [0.25, 0.3) is 0 Å². The van der Waals surface area contributed by atoms with Gasteiger partial charge in [0.25, 0.3) is 0 Å². The number of Topliss-reactive ketones (excluding diaryl/α,β-unsaturated/α-hetero) is 1. The Morgan fingerprint density at radius 2 is 1.84 bits per heavy atom. The van der Waals surface area contributed by atoms with Crippen LogP contribution in [0, 0.1) is 17.5 Å². The van der Waals surface area contributed by atoms with Gasteiger partial charge in [-0.3, -0.25) is 4.79 Å². The van der Waals surface area contributed by atoms with Gasteiger partial charge in [0.05, 0.1) is 5.02 Å². The molecule has 1 nitrogen and oxygen atoms in total. The molecular weight excluding hydrogens is 277 g/mol. The van der Waals surface area contributed by atoms with Crippen molar-refractivity contribution in [1.29, 1.82) is 0 Å². The molecule has 2 aromatic carbocycles. The lowest BCUT2D eigenvalue weighted by Gasteiger charge is -2.05. The second-order valence-corrected chi connectivity index (χ2v) is 4.34. The van der Waals surface area contributed by atoms with Crippen molar-refractivity contribution in [2.45, 2.75) is 6.42 Å². The minimum atomic E-state index is -1.08. The topological polar surface area (TPSA) is 17.1 Å². The molecule has 2 aromatic rings. The van der Waals surface area contributed by atoms with E-state index < -0.39 is 23.2 Å². The summed E-state index contributed by atoms with van der Waals surface area (Å²) in [5.74, 6) is -3.31. The summed E-state index contributed by atoms with van der Waals surface area (Å²) in [6, 6.07) is 6.88. The molecule has 0 unspecified atom stereocenters. The first-order chi connectivity index (χ1) is 8.99. The largest absolute Gasteiger partial charge is 0.294 e. The molecule has 5 heteroatoms. The van der Waals surface area contributed by atoms with Gasteiger partial charge in [0.1, 0.15) is 5.82 Å². The van der Waals surface area contributed by atoms with Crippen LogP contribution in [0.4, 0.5) is 13.2 Å². The molecule has 0 amide bonds. The molecule has 0 radical (unpaired) electrons. The highest BCUT2D eigenvalue weighted by molar-refractivity contribution is 6.34. The lowest BCUT2D eigenvalue weighted by molar-refractivity contribution is 0.0991. The van der Waals surface area contributed by atoms with Gasteiger partial charge in [-0.25, -0.2) is 13.2 Å². The monoisotopic (exact) mass is 284 g/mol. The van der Waals surface area contributed by atoms with E-state index in [0.29, 0.717) is 0 Å². The standard InChI is InChI=1S/C14H8ClF3O/c15-11-5-4-9(16)7-10(11)13(19)6-8-2-1-3-12(17)14(8)18/h1-5,7H,6H2. The van der Waals surface area contributed by atoms with Crippen LogP contribution in [0.1, 0.15) is 15.9 Å². The van der Waals surface area contributed by atoms with Crippen LogP contribution < -0.4 is 0 Å². The molecule has 98 valence electrons. The molecular formula is C14H8ClF3O. The Balaban J connectivity index is 2.31. The first kappa shape index (κ1) is 13.6. The van der Waals surface area contributed by atoms with Gasteiger partial charge < -0.3 is 0 Å². The van der Waals surface area contributed by atoms with Crippen molar-refractivity contribution in [3.05, 3.63) is 70.0 Å². The third-order valence-electron chi connectivity index (χ3n) is 2.61. The predicted octanol–water partition coefficient (Wildman–Crippen LogP) is 4.18. The quantitative estimate of drug-likeness (QED) is 0.773. The lowest BCUT2D eigenvalue weighted by Crippen LogP contribution is -2.07. The highest BCUT2D eigenvalue weighted by Crippen LogP contribution is 2.20. The number of carbonyl (C=O) groups is 1. The third kappa shape index (κ3) is 2.96. The van der Waals surface area contributed by atoms with Crippen molar-refractivity contribution in [2.24, 2.45) is 0 Å². The molecule has 0 bridgehead atoms. The maximum absolute atomic E-state index is 13.4. The fourth-order valence-corrected chi connectivity index (χ4v) is 1.89. The number of benzene rings is 2. The Hall–Kier alpha value is -1.81. The molecule has 0 N–H and O–H groups in total. The molecule has 0 aliphatic carbocycles. The maximum atomic E-state index is 13.4. The zero-order valence-corrected chi connectivity index (χ0v) is 10.3. The van der Waals surface area contributed by atoms with E-state index in [1.54, 1.807) is 0 Å². The second kappa shape index (κ2) is 5.45. The zero-order chi connectivity index (χ0) is 14.0. The van der Waals surface area contributed by atoms with Crippen molar-refractivity contribution in [1.82, 2.24) is 0 Å². The fraction of sp³-hybridized carbons (Fsp3) is 0.0714. The van der Waals surface area contributed by atoms with Crippen molar-refractivity contribution in [3.63, 3.8) is 0 Å². The molecule has 0 aliphatic heterocycles. The summed E-state index contributed by atoms with van der Waals surface area (Å²) in [6.07, 6.45) is -0.382. The highest BCUT2D eigenvalue weighted by Gasteiger charge is 2.16. The molecule has 0 atom stereocenters. The average Bonchev–Trinajstić information content (AvgIpc) is 2.38. The number of hydrogen-bond acceptors (Lipinski definition) is 1. The molecule has 0 saturated heterocycles. The van der Waals surface area contributed by atoms with Gasteiger partial charge >= 0.3 is 0 Å². The van der Waals surface area contributed by atoms with E-state index >= 15 is 0 Å². The number of ketones is 1. The van der Waals surface area contributed by atoms with Gasteiger partial charge in [-0.2, -0.15) is 0 Å². The van der Waals surface area contributed by atoms with Crippen LogP contribution >= 0.6 is 11.6 Å². The molecule has 0 aliphatic rings. The van der Waals surface area contributed by atoms with E-state index in [9.17, 15) is 18.0 Å². The van der Waals surface area contributed by atoms with Crippen LogP contribution in [0.3, 0.4) is 0 Å². The Morgan fingerprint density at radius 1 is 1.11 bits per heavy atom. The normalized spacial score (nSPS) is 10.5. The number of rotatable bonds is 3. The second-order valence-electron chi connectivity index (χ2n) is 3.94. The predicted molar refractivity (Wildman–Crippen MR) is 65.8 cm³/mol. The SMILES string of the molecule is O=C(Cc1cccc(F)c1F)c1cc(F)ccc1Cl. The molecule has 0 heterocycles. The summed E-state index contributed by atoms with van der Waals surface area (Å²) in [5, 5.41) is 0.0724. The summed E-state index contributed by atoms with van der Waals surface area (Å²) >= 11 is 5.77. The fourth-order valence-electron chi connectivity index (χ4n) is 1.66. The van der Waals surface area contributed by atoms with Gasteiger partial charge in [0.2, 0.25) is 0 Å². The van der Waals surface area contributed by atoms with E-state index in [-0.39, 0.29) is 22.6 Å². The van der Waals surface area contributed by atoms with E-state index in [2.05, 4.69) is 0 Å². The maximum Gasteiger partial charge on any atom is 0.168 e. The minimum Gasteiger partial charge on any atom is -0.294 e. The number of halogens is 4. The number of hydrogen-bond donors (Lipinski definition) is 0. The van der Waals surface area contributed by atoms with Gasteiger partial charge in [0, 0.05) is 12.0 Å². The van der Waals surface area contributed by atoms with Crippen molar-refractivity contribution in [2.75, 3.05) is 0 Å². The van der Waals surface area contributed by atoms with Gasteiger partial charge in [-0.05, 0) is 29.8 Å². The van der Waals surface area contributed by atoms with Crippen LogP contribution in [0.15, 0.2) is 36.4 Å². The lowest BCUT2D eigenvalue weighted by atomic mass is 10.0.